The number of carbonyl (C=O) groups is 2. The second-order valence-electron chi connectivity index (χ2n) is 4.51. The molecule has 0 aliphatic rings. The molecule has 2 aromatic rings. The molecule has 1 amide bonds. The number of hydrogen-bond acceptors (Lipinski definition) is 5. The van der Waals surface area contributed by atoms with Gasteiger partial charge in [-0.3, -0.25) is 9.59 Å². The monoisotopic (exact) mass is 331 g/mol. The van der Waals surface area contributed by atoms with Crippen molar-refractivity contribution in [2.45, 2.75) is 4.90 Å². The van der Waals surface area contributed by atoms with Crippen molar-refractivity contribution in [2.75, 3.05) is 24.8 Å². The Morgan fingerprint density at radius 2 is 1.74 bits per heavy atom. The SMILES string of the molecule is COc1ccccc1NC(=O)COC(=O)CSc1ccccc1. The van der Waals surface area contributed by atoms with E-state index in [-0.39, 0.29) is 12.4 Å². The summed E-state index contributed by atoms with van der Waals surface area (Å²) in [6.07, 6.45) is 0. The summed E-state index contributed by atoms with van der Waals surface area (Å²) in [5, 5.41) is 2.64. The van der Waals surface area contributed by atoms with Crippen LogP contribution in [0.2, 0.25) is 0 Å². The van der Waals surface area contributed by atoms with E-state index in [0.717, 1.165) is 4.90 Å². The molecule has 0 aliphatic carbocycles. The van der Waals surface area contributed by atoms with E-state index in [0.29, 0.717) is 11.4 Å². The summed E-state index contributed by atoms with van der Waals surface area (Å²) in [5.41, 5.74) is 0.537. The first-order chi connectivity index (χ1) is 11.2. The Balaban J connectivity index is 1.74. The summed E-state index contributed by atoms with van der Waals surface area (Å²) in [4.78, 5) is 24.4. The summed E-state index contributed by atoms with van der Waals surface area (Å²) < 4.78 is 10.1. The maximum absolute atomic E-state index is 11.8. The zero-order valence-corrected chi connectivity index (χ0v) is 13.5. The molecular weight excluding hydrogens is 314 g/mol. The van der Waals surface area contributed by atoms with Crippen molar-refractivity contribution in [1.82, 2.24) is 0 Å². The molecule has 6 heteroatoms. The first-order valence-corrected chi connectivity index (χ1v) is 7.94. The van der Waals surface area contributed by atoms with Crippen molar-refractivity contribution in [2.24, 2.45) is 0 Å². The van der Waals surface area contributed by atoms with Crippen molar-refractivity contribution in [3.05, 3.63) is 54.6 Å². The number of ether oxygens (including phenoxy) is 2. The van der Waals surface area contributed by atoms with E-state index < -0.39 is 11.9 Å². The van der Waals surface area contributed by atoms with Crippen LogP contribution in [0.4, 0.5) is 5.69 Å². The fourth-order valence-corrected chi connectivity index (χ4v) is 2.50. The van der Waals surface area contributed by atoms with E-state index in [2.05, 4.69) is 5.32 Å². The third-order valence-electron chi connectivity index (χ3n) is 2.85. The van der Waals surface area contributed by atoms with E-state index in [4.69, 9.17) is 9.47 Å². The zero-order valence-electron chi connectivity index (χ0n) is 12.7. The smallest absolute Gasteiger partial charge is 0.316 e. The standard InChI is InChI=1S/C17H17NO4S/c1-21-15-10-6-5-9-14(15)18-16(19)11-22-17(20)12-23-13-7-3-2-4-8-13/h2-10H,11-12H2,1H3,(H,18,19). The number of methoxy groups -OCH3 is 1. The van der Waals surface area contributed by atoms with Gasteiger partial charge >= 0.3 is 5.97 Å². The van der Waals surface area contributed by atoms with Crippen LogP contribution in [0.5, 0.6) is 5.75 Å². The van der Waals surface area contributed by atoms with Gasteiger partial charge in [-0.2, -0.15) is 0 Å². The molecule has 0 saturated heterocycles. The molecule has 0 radical (unpaired) electrons. The average molecular weight is 331 g/mol. The van der Waals surface area contributed by atoms with Gasteiger partial charge in [-0.05, 0) is 24.3 Å². The highest BCUT2D eigenvalue weighted by molar-refractivity contribution is 8.00. The molecule has 0 heterocycles. The average Bonchev–Trinajstić information content (AvgIpc) is 2.59. The lowest BCUT2D eigenvalue weighted by Crippen LogP contribution is -2.21. The fraction of sp³-hybridized carbons (Fsp3) is 0.176. The molecule has 0 atom stereocenters. The van der Waals surface area contributed by atoms with Crippen LogP contribution in [-0.2, 0) is 14.3 Å². The number of carbonyl (C=O) groups excluding carboxylic acids is 2. The molecule has 2 rings (SSSR count). The van der Waals surface area contributed by atoms with Crippen LogP contribution >= 0.6 is 11.8 Å². The zero-order chi connectivity index (χ0) is 16.5. The lowest BCUT2D eigenvalue weighted by molar-refractivity contribution is -0.144. The number of amides is 1. The molecule has 120 valence electrons. The number of rotatable bonds is 7. The summed E-state index contributed by atoms with van der Waals surface area (Å²) in [6, 6.07) is 16.5. The lowest BCUT2D eigenvalue weighted by Gasteiger charge is -2.10. The fourth-order valence-electron chi connectivity index (χ4n) is 1.78. The van der Waals surface area contributed by atoms with E-state index in [1.807, 2.05) is 30.3 Å². The number of benzene rings is 2. The number of thioether (sulfide) groups is 1. The Kier molecular flexibility index (Phi) is 6.50. The molecule has 0 aromatic heterocycles. The molecule has 0 fully saturated rings. The highest BCUT2D eigenvalue weighted by Gasteiger charge is 2.10. The quantitative estimate of drug-likeness (QED) is 0.624. The van der Waals surface area contributed by atoms with Crippen molar-refractivity contribution in [1.29, 1.82) is 0 Å². The van der Waals surface area contributed by atoms with Gasteiger partial charge in [0.15, 0.2) is 6.61 Å². The van der Waals surface area contributed by atoms with Crippen LogP contribution < -0.4 is 10.1 Å². The first-order valence-electron chi connectivity index (χ1n) is 6.95. The minimum absolute atomic E-state index is 0.159. The van der Waals surface area contributed by atoms with Gasteiger partial charge in [0.1, 0.15) is 5.75 Å². The van der Waals surface area contributed by atoms with Gasteiger partial charge < -0.3 is 14.8 Å². The third-order valence-corrected chi connectivity index (χ3v) is 3.83. The van der Waals surface area contributed by atoms with Gasteiger partial charge in [0.05, 0.1) is 18.6 Å². The highest BCUT2D eigenvalue weighted by Crippen LogP contribution is 2.22. The van der Waals surface area contributed by atoms with Crippen LogP contribution in [-0.4, -0.2) is 31.3 Å². The number of anilines is 1. The number of esters is 1. The van der Waals surface area contributed by atoms with Crippen LogP contribution in [0.25, 0.3) is 0 Å². The van der Waals surface area contributed by atoms with Gasteiger partial charge in [0, 0.05) is 4.90 Å². The third kappa shape index (κ3) is 5.67. The number of nitrogens with one attached hydrogen (secondary N) is 1. The molecule has 1 N–H and O–H groups in total. The van der Waals surface area contributed by atoms with Gasteiger partial charge in [0.2, 0.25) is 0 Å². The Hall–Kier alpha value is -2.47. The van der Waals surface area contributed by atoms with Gasteiger partial charge in [-0.25, -0.2) is 0 Å². The van der Waals surface area contributed by atoms with Crippen LogP contribution in [0.1, 0.15) is 0 Å². The molecule has 5 nitrogen and oxygen atoms in total. The summed E-state index contributed by atoms with van der Waals surface area (Å²) in [7, 11) is 1.52. The van der Waals surface area contributed by atoms with E-state index in [9.17, 15) is 9.59 Å². The van der Waals surface area contributed by atoms with E-state index >= 15 is 0 Å². The lowest BCUT2D eigenvalue weighted by atomic mass is 10.3. The molecule has 0 aliphatic heterocycles. The highest BCUT2D eigenvalue weighted by atomic mass is 32.2. The largest absolute Gasteiger partial charge is 0.495 e. The molecule has 0 unspecified atom stereocenters. The van der Waals surface area contributed by atoms with E-state index in [1.54, 1.807) is 24.3 Å². The van der Waals surface area contributed by atoms with Crippen molar-refractivity contribution >= 4 is 29.3 Å². The minimum atomic E-state index is -0.436. The van der Waals surface area contributed by atoms with Gasteiger partial charge in [-0.1, -0.05) is 30.3 Å². The summed E-state index contributed by atoms with van der Waals surface area (Å²) in [5.74, 6) is -0.139. The topological polar surface area (TPSA) is 64.6 Å². The van der Waals surface area contributed by atoms with E-state index in [1.165, 1.54) is 18.9 Å². The Labute approximate surface area is 139 Å². The molecular formula is C17H17NO4S. The van der Waals surface area contributed by atoms with Crippen molar-refractivity contribution in [3.63, 3.8) is 0 Å². The Morgan fingerprint density at radius 1 is 1.04 bits per heavy atom. The first kappa shape index (κ1) is 16.9. The second kappa shape index (κ2) is 8.85. The maximum atomic E-state index is 11.8. The second-order valence-corrected chi connectivity index (χ2v) is 5.56. The summed E-state index contributed by atoms with van der Waals surface area (Å²) >= 11 is 1.36. The van der Waals surface area contributed by atoms with Crippen LogP contribution in [0.15, 0.2) is 59.5 Å². The van der Waals surface area contributed by atoms with Crippen molar-refractivity contribution in [3.8, 4) is 5.75 Å². The normalized spacial score (nSPS) is 9.96. The molecule has 0 saturated carbocycles. The molecule has 0 spiro atoms. The van der Waals surface area contributed by atoms with Crippen LogP contribution in [0.3, 0.4) is 0 Å². The van der Waals surface area contributed by atoms with Gasteiger partial charge in [0.25, 0.3) is 5.91 Å². The maximum Gasteiger partial charge on any atom is 0.316 e. The minimum Gasteiger partial charge on any atom is -0.495 e. The number of para-hydroxylation sites is 2. The predicted molar refractivity (Wildman–Crippen MR) is 89.7 cm³/mol. The Morgan fingerprint density at radius 3 is 2.48 bits per heavy atom. The predicted octanol–water partition coefficient (Wildman–Crippen LogP) is 2.97. The number of hydrogen-bond donors (Lipinski definition) is 1. The molecule has 23 heavy (non-hydrogen) atoms. The van der Waals surface area contributed by atoms with Crippen molar-refractivity contribution < 1.29 is 19.1 Å². The van der Waals surface area contributed by atoms with Gasteiger partial charge in [-0.15, -0.1) is 11.8 Å². The summed E-state index contributed by atoms with van der Waals surface area (Å²) in [6.45, 7) is -0.327. The Bertz CT molecular complexity index is 661. The molecule has 2 aromatic carbocycles. The van der Waals surface area contributed by atoms with Crippen LogP contribution in [0, 0.1) is 0 Å². The molecule has 0 bridgehead atoms.